The van der Waals surface area contributed by atoms with E-state index in [1.807, 2.05) is 6.07 Å². The fourth-order valence-electron chi connectivity index (χ4n) is 4.11. The monoisotopic (exact) mass is 287 g/mol. The largest absolute Gasteiger partial charge is 0.478 e. The van der Waals surface area contributed by atoms with Crippen LogP contribution < -0.4 is 0 Å². The zero-order valence-corrected chi connectivity index (χ0v) is 12.8. The number of hydrogen-bond acceptors (Lipinski definition) is 2. The van der Waals surface area contributed by atoms with Crippen molar-refractivity contribution in [1.29, 1.82) is 0 Å². The Morgan fingerprint density at radius 3 is 3.00 bits per heavy atom. The minimum Gasteiger partial charge on any atom is -0.478 e. The molecule has 3 nitrogen and oxygen atoms in total. The molecular weight excluding hydrogens is 262 g/mol. The first-order valence-electron chi connectivity index (χ1n) is 8.20. The molecule has 0 aromatic heterocycles. The molecule has 3 rings (SSSR count). The van der Waals surface area contributed by atoms with Gasteiger partial charge in [0.05, 0.1) is 5.56 Å². The summed E-state index contributed by atoms with van der Waals surface area (Å²) in [5, 5.41) is 9.28. The van der Waals surface area contributed by atoms with Crippen LogP contribution in [-0.4, -0.2) is 29.1 Å². The molecule has 1 aromatic carbocycles. The molecule has 1 aliphatic carbocycles. The van der Waals surface area contributed by atoms with Crippen LogP contribution in [0.5, 0.6) is 0 Å². The molecule has 0 saturated heterocycles. The Hall–Kier alpha value is -1.35. The van der Waals surface area contributed by atoms with E-state index in [9.17, 15) is 9.90 Å². The van der Waals surface area contributed by atoms with Crippen LogP contribution in [0, 0.1) is 11.8 Å². The molecule has 1 N–H and O–H groups in total. The van der Waals surface area contributed by atoms with E-state index >= 15 is 0 Å². The van der Waals surface area contributed by atoms with Crippen LogP contribution in [0.4, 0.5) is 0 Å². The number of aromatic carboxylic acids is 1. The number of carboxylic acid groups (broad SMARTS) is 1. The van der Waals surface area contributed by atoms with E-state index in [0.717, 1.165) is 36.9 Å². The lowest BCUT2D eigenvalue weighted by Crippen LogP contribution is -2.36. The van der Waals surface area contributed by atoms with Crippen LogP contribution >= 0.6 is 0 Å². The lowest BCUT2D eigenvalue weighted by atomic mass is 9.82. The summed E-state index contributed by atoms with van der Waals surface area (Å²) in [4.78, 5) is 13.8. The Bertz CT molecular complexity index is 526. The smallest absolute Gasteiger partial charge is 0.335 e. The Morgan fingerprint density at radius 2 is 2.24 bits per heavy atom. The highest BCUT2D eigenvalue weighted by molar-refractivity contribution is 5.89. The van der Waals surface area contributed by atoms with Crippen molar-refractivity contribution in [3.05, 3.63) is 34.9 Å². The highest BCUT2D eigenvalue weighted by atomic mass is 16.4. The van der Waals surface area contributed by atoms with Crippen molar-refractivity contribution in [3.8, 4) is 0 Å². The third-order valence-electron chi connectivity index (χ3n) is 5.14. The molecule has 1 heterocycles. The summed E-state index contributed by atoms with van der Waals surface area (Å²) in [6.07, 6.45) is 6.36. The molecule has 0 spiro atoms. The Labute approximate surface area is 127 Å². The van der Waals surface area contributed by atoms with Gasteiger partial charge in [-0.3, -0.25) is 4.90 Å². The van der Waals surface area contributed by atoms with Crippen molar-refractivity contribution < 1.29 is 9.90 Å². The SMILES string of the molecule is CC1CCCC(CN2CCc3c(cccc3C(=O)O)C2)C1. The summed E-state index contributed by atoms with van der Waals surface area (Å²) in [5.41, 5.74) is 2.77. The summed E-state index contributed by atoms with van der Waals surface area (Å²) in [7, 11) is 0. The topological polar surface area (TPSA) is 40.5 Å². The van der Waals surface area contributed by atoms with E-state index in [-0.39, 0.29) is 0 Å². The lowest BCUT2D eigenvalue weighted by molar-refractivity contribution is 0.0694. The van der Waals surface area contributed by atoms with E-state index in [1.165, 1.54) is 37.8 Å². The van der Waals surface area contributed by atoms with Gasteiger partial charge in [-0.05, 0) is 48.3 Å². The molecule has 0 amide bonds. The number of carbonyl (C=O) groups is 1. The van der Waals surface area contributed by atoms with Crippen LogP contribution in [0.15, 0.2) is 18.2 Å². The predicted molar refractivity (Wildman–Crippen MR) is 83.5 cm³/mol. The van der Waals surface area contributed by atoms with Crippen LogP contribution in [0.25, 0.3) is 0 Å². The van der Waals surface area contributed by atoms with Gasteiger partial charge in [0, 0.05) is 19.6 Å². The van der Waals surface area contributed by atoms with Crippen molar-refractivity contribution >= 4 is 5.97 Å². The third-order valence-corrected chi connectivity index (χ3v) is 5.14. The molecule has 21 heavy (non-hydrogen) atoms. The van der Waals surface area contributed by atoms with Crippen molar-refractivity contribution in [2.45, 2.75) is 45.6 Å². The second-order valence-corrected chi connectivity index (χ2v) is 6.87. The summed E-state index contributed by atoms with van der Waals surface area (Å²) in [5.74, 6) is 0.916. The van der Waals surface area contributed by atoms with Crippen LogP contribution in [0.3, 0.4) is 0 Å². The fraction of sp³-hybridized carbons (Fsp3) is 0.611. The Morgan fingerprint density at radius 1 is 1.38 bits per heavy atom. The Balaban J connectivity index is 1.67. The van der Waals surface area contributed by atoms with Gasteiger partial charge in [0.25, 0.3) is 0 Å². The van der Waals surface area contributed by atoms with Gasteiger partial charge in [-0.2, -0.15) is 0 Å². The molecule has 2 atom stereocenters. The first-order chi connectivity index (χ1) is 10.1. The van der Waals surface area contributed by atoms with E-state index in [0.29, 0.717) is 5.56 Å². The lowest BCUT2D eigenvalue weighted by Gasteiger charge is -2.35. The minimum atomic E-state index is -0.790. The summed E-state index contributed by atoms with van der Waals surface area (Å²) in [6.45, 7) is 5.47. The number of nitrogens with zero attached hydrogens (tertiary/aromatic N) is 1. The first kappa shape index (κ1) is 14.6. The number of carboxylic acids is 1. The average Bonchev–Trinajstić information content (AvgIpc) is 2.46. The predicted octanol–water partition coefficient (Wildman–Crippen LogP) is 3.57. The number of benzene rings is 1. The van der Waals surface area contributed by atoms with Gasteiger partial charge in [-0.15, -0.1) is 0 Å². The first-order valence-corrected chi connectivity index (χ1v) is 8.20. The zero-order chi connectivity index (χ0) is 14.8. The molecule has 1 fully saturated rings. The molecule has 3 heteroatoms. The van der Waals surface area contributed by atoms with Crippen molar-refractivity contribution in [3.63, 3.8) is 0 Å². The van der Waals surface area contributed by atoms with Gasteiger partial charge in [-0.1, -0.05) is 31.9 Å². The highest BCUT2D eigenvalue weighted by Gasteiger charge is 2.25. The maximum absolute atomic E-state index is 11.3. The van der Waals surface area contributed by atoms with Gasteiger partial charge >= 0.3 is 5.97 Å². The van der Waals surface area contributed by atoms with E-state index in [2.05, 4.69) is 17.9 Å². The number of fused-ring (bicyclic) bond motifs is 1. The van der Waals surface area contributed by atoms with Crippen molar-refractivity contribution in [2.75, 3.05) is 13.1 Å². The summed E-state index contributed by atoms with van der Waals surface area (Å²) in [6, 6.07) is 5.71. The van der Waals surface area contributed by atoms with Gasteiger partial charge in [0.1, 0.15) is 0 Å². The second-order valence-electron chi connectivity index (χ2n) is 6.87. The van der Waals surface area contributed by atoms with Gasteiger partial charge < -0.3 is 5.11 Å². The molecule has 0 radical (unpaired) electrons. The second kappa shape index (κ2) is 6.18. The van der Waals surface area contributed by atoms with Crippen molar-refractivity contribution in [2.24, 2.45) is 11.8 Å². The average molecular weight is 287 g/mol. The fourth-order valence-corrected chi connectivity index (χ4v) is 4.11. The summed E-state index contributed by atoms with van der Waals surface area (Å²) >= 11 is 0. The molecule has 1 aromatic rings. The normalized spacial score (nSPS) is 26.3. The number of hydrogen-bond donors (Lipinski definition) is 1. The van der Waals surface area contributed by atoms with Gasteiger partial charge in [0.15, 0.2) is 0 Å². The maximum atomic E-state index is 11.3. The van der Waals surface area contributed by atoms with E-state index < -0.39 is 5.97 Å². The van der Waals surface area contributed by atoms with Crippen molar-refractivity contribution in [1.82, 2.24) is 4.90 Å². The highest BCUT2D eigenvalue weighted by Crippen LogP contribution is 2.31. The quantitative estimate of drug-likeness (QED) is 0.924. The van der Waals surface area contributed by atoms with E-state index in [1.54, 1.807) is 6.07 Å². The van der Waals surface area contributed by atoms with Gasteiger partial charge in [-0.25, -0.2) is 4.79 Å². The molecule has 2 unspecified atom stereocenters. The molecule has 1 aliphatic heterocycles. The number of rotatable bonds is 3. The van der Waals surface area contributed by atoms with Gasteiger partial charge in [0.2, 0.25) is 0 Å². The van der Waals surface area contributed by atoms with Crippen LogP contribution in [-0.2, 0) is 13.0 Å². The third kappa shape index (κ3) is 3.29. The van der Waals surface area contributed by atoms with E-state index in [4.69, 9.17) is 0 Å². The van der Waals surface area contributed by atoms with Crippen LogP contribution in [0.2, 0.25) is 0 Å². The maximum Gasteiger partial charge on any atom is 0.335 e. The zero-order valence-electron chi connectivity index (χ0n) is 12.8. The molecule has 2 aliphatic rings. The molecular formula is C18H25NO2. The standard InChI is InChI=1S/C18H25NO2/c1-13-4-2-5-14(10-13)11-19-9-8-16-15(12-19)6-3-7-17(16)18(20)21/h3,6-7,13-14H,2,4-5,8-12H2,1H3,(H,20,21). The minimum absolute atomic E-state index is 0.499. The molecule has 0 bridgehead atoms. The van der Waals surface area contributed by atoms with Crippen LogP contribution in [0.1, 0.15) is 54.1 Å². The Kier molecular flexibility index (Phi) is 4.29. The molecule has 1 saturated carbocycles. The summed E-state index contributed by atoms with van der Waals surface area (Å²) < 4.78 is 0. The molecule has 114 valence electrons.